The molecule has 0 aliphatic heterocycles. The van der Waals surface area contributed by atoms with E-state index < -0.39 is 0 Å². The van der Waals surface area contributed by atoms with Crippen molar-refractivity contribution in [1.29, 1.82) is 0 Å². The molecule has 0 spiro atoms. The summed E-state index contributed by atoms with van der Waals surface area (Å²) in [6, 6.07) is 8.21. The topological polar surface area (TPSA) is 70.7 Å². The van der Waals surface area contributed by atoms with Crippen molar-refractivity contribution >= 4 is 17.7 Å². The lowest BCUT2D eigenvalue weighted by molar-refractivity contribution is -0.119. The van der Waals surface area contributed by atoms with Crippen molar-refractivity contribution in [2.75, 3.05) is 5.75 Å². The van der Waals surface area contributed by atoms with Crippen LogP contribution in [0.4, 0.5) is 0 Å². The van der Waals surface area contributed by atoms with Crippen molar-refractivity contribution in [3.05, 3.63) is 47.5 Å². The molecule has 1 aromatic carbocycles. The predicted octanol–water partition coefficient (Wildman–Crippen LogP) is 2.22. The molecule has 1 amide bonds. The van der Waals surface area contributed by atoms with Gasteiger partial charge in [-0.2, -0.15) is 5.10 Å². The molecule has 0 radical (unpaired) electrons. The molecule has 1 atom stereocenters. The maximum absolute atomic E-state index is 11.8. The zero-order valence-corrected chi connectivity index (χ0v) is 12.4. The third kappa shape index (κ3) is 4.38. The summed E-state index contributed by atoms with van der Waals surface area (Å²) in [5.41, 5.74) is 2.48. The fraction of sp³-hybridized carbons (Fsp3) is 0.357. The van der Waals surface area contributed by atoms with E-state index in [0.717, 1.165) is 5.75 Å². The summed E-state index contributed by atoms with van der Waals surface area (Å²) < 4.78 is 0. The molecule has 0 aliphatic carbocycles. The van der Waals surface area contributed by atoms with Crippen molar-refractivity contribution < 1.29 is 4.79 Å². The molecule has 1 unspecified atom stereocenters. The van der Waals surface area contributed by atoms with Crippen LogP contribution in [-0.4, -0.2) is 26.8 Å². The number of carbonyl (C=O) groups excluding carboxylic acids is 1. The van der Waals surface area contributed by atoms with E-state index in [-0.39, 0.29) is 11.9 Å². The van der Waals surface area contributed by atoms with Gasteiger partial charge in [0, 0.05) is 5.75 Å². The summed E-state index contributed by atoms with van der Waals surface area (Å²) >= 11 is 1.60. The molecule has 1 heterocycles. The highest BCUT2D eigenvalue weighted by molar-refractivity contribution is 7.99. The fourth-order valence-corrected chi connectivity index (χ4v) is 2.52. The number of carbonyl (C=O) groups is 1. The standard InChI is InChI=1S/C14H18N4OS/c1-10-3-5-12(6-4-10)7-20-8-13(19)17-11(2)14-15-9-16-18-14/h3-6,9,11H,7-8H2,1-2H3,(H,17,19)(H,15,16,18). The minimum absolute atomic E-state index is 0.00557. The van der Waals surface area contributed by atoms with Crippen molar-refractivity contribution in [1.82, 2.24) is 20.5 Å². The second kappa shape index (κ2) is 7.09. The van der Waals surface area contributed by atoms with Gasteiger partial charge in [0.15, 0.2) is 0 Å². The lowest BCUT2D eigenvalue weighted by atomic mass is 10.2. The smallest absolute Gasteiger partial charge is 0.230 e. The van der Waals surface area contributed by atoms with Gasteiger partial charge < -0.3 is 5.32 Å². The molecular weight excluding hydrogens is 272 g/mol. The van der Waals surface area contributed by atoms with Gasteiger partial charge in [0.1, 0.15) is 12.2 Å². The molecule has 20 heavy (non-hydrogen) atoms. The molecule has 5 nitrogen and oxygen atoms in total. The number of hydrogen-bond donors (Lipinski definition) is 2. The quantitative estimate of drug-likeness (QED) is 0.856. The molecule has 2 rings (SSSR count). The summed E-state index contributed by atoms with van der Waals surface area (Å²) in [7, 11) is 0. The Hall–Kier alpha value is -1.82. The van der Waals surface area contributed by atoms with Gasteiger partial charge in [0.05, 0.1) is 11.8 Å². The van der Waals surface area contributed by atoms with Crippen molar-refractivity contribution in [2.24, 2.45) is 0 Å². The number of aromatic amines is 1. The number of H-pyrrole nitrogens is 1. The number of benzene rings is 1. The molecule has 0 saturated carbocycles. The average molecular weight is 290 g/mol. The van der Waals surface area contributed by atoms with E-state index in [1.54, 1.807) is 11.8 Å². The van der Waals surface area contributed by atoms with E-state index in [1.807, 2.05) is 6.92 Å². The van der Waals surface area contributed by atoms with Crippen LogP contribution in [0.5, 0.6) is 0 Å². The average Bonchev–Trinajstić information content (AvgIpc) is 2.95. The number of hydrogen-bond acceptors (Lipinski definition) is 4. The maximum Gasteiger partial charge on any atom is 0.230 e. The van der Waals surface area contributed by atoms with Gasteiger partial charge in [-0.25, -0.2) is 4.98 Å². The van der Waals surface area contributed by atoms with Gasteiger partial charge >= 0.3 is 0 Å². The summed E-state index contributed by atoms with van der Waals surface area (Å²) in [6.45, 7) is 3.94. The van der Waals surface area contributed by atoms with Crippen molar-refractivity contribution in [3.8, 4) is 0 Å². The number of aromatic nitrogens is 3. The summed E-state index contributed by atoms with van der Waals surface area (Å²) in [5.74, 6) is 1.95. The van der Waals surface area contributed by atoms with Gasteiger partial charge in [-0.05, 0) is 19.4 Å². The minimum Gasteiger partial charge on any atom is -0.346 e. The van der Waals surface area contributed by atoms with Crippen molar-refractivity contribution in [2.45, 2.75) is 25.6 Å². The second-order valence-electron chi connectivity index (χ2n) is 4.64. The summed E-state index contributed by atoms with van der Waals surface area (Å²) in [4.78, 5) is 15.8. The van der Waals surface area contributed by atoms with E-state index in [1.165, 1.54) is 17.5 Å². The van der Waals surface area contributed by atoms with Gasteiger partial charge in [0.25, 0.3) is 0 Å². The molecule has 106 valence electrons. The van der Waals surface area contributed by atoms with Crippen LogP contribution in [0, 0.1) is 6.92 Å². The Balaban J connectivity index is 1.71. The Kier molecular flexibility index (Phi) is 5.17. The Labute approximate surface area is 122 Å². The highest BCUT2D eigenvalue weighted by Crippen LogP contribution is 2.13. The molecule has 1 aromatic heterocycles. The zero-order valence-electron chi connectivity index (χ0n) is 11.6. The van der Waals surface area contributed by atoms with E-state index in [0.29, 0.717) is 11.6 Å². The van der Waals surface area contributed by atoms with Crippen LogP contribution in [0.3, 0.4) is 0 Å². The van der Waals surface area contributed by atoms with Crippen LogP contribution in [0.2, 0.25) is 0 Å². The van der Waals surface area contributed by atoms with E-state index in [2.05, 4.69) is 51.7 Å². The number of nitrogens with one attached hydrogen (secondary N) is 2. The van der Waals surface area contributed by atoms with Gasteiger partial charge in [-0.1, -0.05) is 29.8 Å². The van der Waals surface area contributed by atoms with E-state index in [9.17, 15) is 4.79 Å². The molecular formula is C14H18N4OS. The van der Waals surface area contributed by atoms with Crippen molar-refractivity contribution in [3.63, 3.8) is 0 Å². The Morgan fingerprint density at radius 3 is 2.80 bits per heavy atom. The normalized spacial score (nSPS) is 12.1. The molecule has 0 saturated heterocycles. The van der Waals surface area contributed by atoms with E-state index in [4.69, 9.17) is 0 Å². The van der Waals surface area contributed by atoms with Crippen LogP contribution in [0.25, 0.3) is 0 Å². The second-order valence-corrected chi connectivity index (χ2v) is 5.62. The van der Waals surface area contributed by atoms with Crippen LogP contribution in [0.1, 0.15) is 29.9 Å². The lowest BCUT2D eigenvalue weighted by Gasteiger charge is -2.10. The largest absolute Gasteiger partial charge is 0.346 e. The molecule has 0 bridgehead atoms. The number of thioether (sulfide) groups is 1. The minimum atomic E-state index is -0.148. The first-order chi connectivity index (χ1) is 9.65. The lowest BCUT2D eigenvalue weighted by Crippen LogP contribution is -2.28. The van der Waals surface area contributed by atoms with Crippen LogP contribution in [-0.2, 0) is 10.5 Å². The summed E-state index contributed by atoms with van der Waals surface area (Å²) in [6.07, 6.45) is 1.43. The molecule has 6 heteroatoms. The van der Waals surface area contributed by atoms with Gasteiger partial charge in [-0.15, -0.1) is 11.8 Å². The third-order valence-electron chi connectivity index (χ3n) is 2.84. The highest BCUT2D eigenvalue weighted by atomic mass is 32.2. The SMILES string of the molecule is Cc1ccc(CSCC(=O)NC(C)c2ncn[nH]2)cc1. The Morgan fingerprint density at radius 1 is 1.40 bits per heavy atom. The molecule has 0 fully saturated rings. The van der Waals surface area contributed by atoms with E-state index >= 15 is 0 Å². The maximum atomic E-state index is 11.8. The Bertz CT molecular complexity index is 539. The predicted molar refractivity (Wildman–Crippen MR) is 80.3 cm³/mol. The first-order valence-corrected chi connectivity index (χ1v) is 7.58. The van der Waals surface area contributed by atoms with Gasteiger partial charge in [0.2, 0.25) is 5.91 Å². The first-order valence-electron chi connectivity index (χ1n) is 6.43. The highest BCUT2D eigenvalue weighted by Gasteiger charge is 2.11. The number of rotatable bonds is 6. The zero-order chi connectivity index (χ0) is 14.4. The number of aryl methyl sites for hydroxylation is 1. The summed E-state index contributed by atoms with van der Waals surface area (Å²) in [5, 5.41) is 9.40. The first kappa shape index (κ1) is 14.6. The monoisotopic (exact) mass is 290 g/mol. The molecule has 2 N–H and O–H groups in total. The van der Waals surface area contributed by atoms with Crippen LogP contribution < -0.4 is 5.32 Å². The number of nitrogens with zero attached hydrogens (tertiary/aromatic N) is 2. The molecule has 0 aliphatic rings. The Morgan fingerprint density at radius 2 is 2.15 bits per heavy atom. The number of amides is 1. The fourth-order valence-electron chi connectivity index (χ4n) is 1.72. The van der Waals surface area contributed by atoms with Gasteiger partial charge in [-0.3, -0.25) is 9.89 Å². The van der Waals surface area contributed by atoms with Crippen LogP contribution >= 0.6 is 11.8 Å². The third-order valence-corrected chi connectivity index (χ3v) is 3.85. The molecule has 2 aromatic rings. The van der Waals surface area contributed by atoms with Crippen LogP contribution in [0.15, 0.2) is 30.6 Å².